The Morgan fingerprint density at radius 1 is 1.20 bits per heavy atom. The van der Waals surface area contributed by atoms with Gasteiger partial charge in [0, 0.05) is 24.2 Å². The van der Waals surface area contributed by atoms with Crippen LogP contribution in [0.4, 0.5) is 0 Å². The number of fused-ring (bicyclic) bond motifs is 4. The second-order valence-electron chi connectivity index (χ2n) is 8.57. The number of piperidine rings is 3. The molecular formula is C26H28N2O2. The van der Waals surface area contributed by atoms with Gasteiger partial charge in [0.2, 0.25) is 0 Å². The minimum Gasteiger partial charge on any atom is -0.508 e. The first-order chi connectivity index (χ1) is 14.7. The van der Waals surface area contributed by atoms with Gasteiger partial charge in [-0.15, -0.1) is 6.58 Å². The van der Waals surface area contributed by atoms with E-state index in [1.165, 1.54) is 12.0 Å². The Kier molecular flexibility index (Phi) is 5.28. The van der Waals surface area contributed by atoms with Crippen LogP contribution in [0.15, 0.2) is 73.4 Å². The van der Waals surface area contributed by atoms with E-state index in [4.69, 9.17) is 4.74 Å². The SMILES string of the molecule is C=C[C@@H]1CN2CC[C@@H]1C[C@H]2[C@H](OCc1ccccc1)c1ccnc2ccc(O)cc12. The molecule has 4 heterocycles. The van der Waals surface area contributed by atoms with Crippen molar-refractivity contribution >= 4 is 10.9 Å². The monoisotopic (exact) mass is 400 g/mol. The number of hydrogen-bond donors (Lipinski definition) is 1. The molecule has 2 aromatic carbocycles. The Morgan fingerprint density at radius 2 is 2.07 bits per heavy atom. The molecule has 1 unspecified atom stereocenters. The van der Waals surface area contributed by atoms with Crippen molar-refractivity contribution in [3.63, 3.8) is 0 Å². The van der Waals surface area contributed by atoms with E-state index in [9.17, 15) is 5.11 Å². The minimum atomic E-state index is -0.0777. The molecule has 30 heavy (non-hydrogen) atoms. The first kappa shape index (κ1) is 19.3. The second kappa shape index (κ2) is 8.21. The summed E-state index contributed by atoms with van der Waals surface area (Å²) >= 11 is 0. The maximum atomic E-state index is 10.1. The summed E-state index contributed by atoms with van der Waals surface area (Å²) in [6, 6.07) is 18.1. The van der Waals surface area contributed by atoms with E-state index in [1.807, 2.05) is 36.5 Å². The highest BCUT2D eigenvalue weighted by Crippen LogP contribution is 2.43. The van der Waals surface area contributed by atoms with E-state index in [-0.39, 0.29) is 11.9 Å². The van der Waals surface area contributed by atoms with Gasteiger partial charge < -0.3 is 9.84 Å². The number of hydrogen-bond acceptors (Lipinski definition) is 4. The third-order valence-corrected chi connectivity index (χ3v) is 6.84. The average Bonchev–Trinajstić information content (AvgIpc) is 2.80. The predicted molar refractivity (Wildman–Crippen MR) is 119 cm³/mol. The fourth-order valence-electron chi connectivity index (χ4n) is 5.26. The van der Waals surface area contributed by atoms with Crippen LogP contribution < -0.4 is 0 Å². The zero-order valence-corrected chi connectivity index (χ0v) is 17.2. The highest BCUT2D eigenvalue weighted by Gasteiger charge is 2.43. The topological polar surface area (TPSA) is 45.6 Å². The summed E-state index contributed by atoms with van der Waals surface area (Å²) in [6.45, 7) is 6.79. The molecule has 0 radical (unpaired) electrons. The van der Waals surface area contributed by atoms with Crippen molar-refractivity contribution in [3.05, 3.63) is 84.6 Å². The van der Waals surface area contributed by atoms with E-state index in [1.54, 1.807) is 6.07 Å². The molecular weight excluding hydrogens is 372 g/mol. The Hall–Kier alpha value is -2.69. The fraction of sp³-hybridized carbons (Fsp3) is 0.346. The van der Waals surface area contributed by atoms with E-state index >= 15 is 0 Å². The van der Waals surface area contributed by atoms with E-state index in [2.05, 4.69) is 40.7 Å². The van der Waals surface area contributed by atoms with Crippen molar-refractivity contribution in [3.8, 4) is 5.75 Å². The molecule has 4 nitrogen and oxygen atoms in total. The van der Waals surface area contributed by atoms with Gasteiger partial charge in [-0.25, -0.2) is 0 Å². The van der Waals surface area contributed by atoms with Crippen molar-refractivity contribution in [1.82, 2.24) is 9.88 Å². The molecule has 0 amide bonds. The summed E-state index contributed by atoms with van der Waals surface area (Å²) in [6.07, 6.45) is 6.25. The summed E-state index contributed by atoms with van der Waals surface area (Å²) in [5.41, 5.74) is 3.17. The van der Waals surface area contributed by atoms with Gasteiger partial charge in [-0.2, -0.15) is 0 Å². The quantitative estimate of drug-likeness (QED) is 0.585. The number of benzene rings is 2. The third kappa shape index (κ3) is 3.62. The maximum Gasteiger partial charge on any atom is 0.116 e. The Balaban J connectivity index is 1.52. The summed E-state index contributed by atoms with van der Waals surface area (Å²) in [4.78, 5) is 7.09. The number of aromatic nitrogens is 1. The van der Waals surface area contributed by atoms with Crippen molar-refractivity contribution in [2.75, 3.05) is 13.1 Å². The van der Waals surface area contributed by atoms with Crippen LogP contribution in [0.2, 0.25) is 0 Å². The van der Waals surface area contributed by atoms with Crippen LogP contribution in [0, 0.1) is 11.8 Å². The number of phenols is 1. The largest absolute Gasteiger partial charge is 0.508 e. The predicted octanol–water partition coefficient (Wildman–Crippen LogP) is 5.09. The van der Waals surface area contributed by atoms with Crippen molar-refractivity contribution in [1.29, 1.82) is 0 Å². The Labute approximate surface area is 177 Å². The highest BCUT2D eigenvalue weighted by atomic mass is 16.5. The molecule has 154 valence electrons. The van der Waals surface area contributed by atoms with Crippen LogP contribution in [0.5, 0.6) is 5.75 Å². The standard InChI is InChI=1S/C26H28N2O2/c1-2-19-16-28-13-11-20(19)14-25(28)26(30-17-18-6-4-3-5-7-18)22-10-12-27-24-9-8-21(29)15-23(22)24/h2-10,12,15,19-20,25-26,29H,1,11,13-14,16-17H2/t19-,20-,25+,26-/m1/s1. The van der Waals surface area contributed by atoms with E-state index < -0.39 is 0 Å². The molecule has 2 bridgehead atoms. The van der Waals surface area contributed by atoms with Crippen LogP contribution in [0.25, 0.3) is 10.9 Å². The Morgan fingerprint density at radius 3 is 2.83 bits per heavy atom. The van der Waals surface area contributed by atoms with Gasteiger partial charge >= 0.3 is 0 Å². The average molecular weight is 401 g/mol. The van der Waals surface area contributed by atoms with Crippen molar-refractivity contribution < 1.29 is 9.84 Å². The molecule has 0 aliphatic carbocycles. The summed E-state index contributed by atoms with van der Waals surface area (Å²) in [5, 5.41) is 11.1. The summed E-state index contributed by atoms with van der Waals surface area (Å²) < 4.78 is 6.65. The second-order valence-corrected chi connectivity index (χ2v) is 8.57. The van der Waals surface area contributed by atoms with Gasteiger partial charge in [0.05, 0.1) is 18.2 Å². The van der Waals surface area contributed by atoms with Gasteiger partial charge in [0.15, 0.2) is 0 Å². The van der Waals surface area contributed by atoms with Crippen molar-refractivity contribution in [2.24, 2.45) is 11.8 Å². The first-order valence-corrected chi connectivity index (χ1v) is 10.8. The lowest BCUT2D eigenvalue weighted by Gasteiger charge is -2.51. The highest BCUT2D eigenvalue weighted by molar-refractivity contribution is 5.83. The number of nitrogens with zero attached hydrogens (tertiary/aromatic N) is 2. The van der Waals surface area contributed by atoms with Gasteiger partial charge in [-0.1, -0.05) is 36.4 Å². The Bertz CT molecular complexity index is 1040. The first-order valence-electron chi connectivity index (χ1n) is 10.8. The van der Waals surface area contributed by atoms with E-state index in [0.29, 0.717) is 24.5 Å². The lowest BCUT2D eigenvalue weighted by atomic mass is 9.73. The van der Waals surface area contributed by atoms with Gasteiger partial charge in [-0.05, 0) is 66.6 Å². The number of ether oxygens (including phenoxy) is 1. The van der Waals surface area contributed by atoms with Crippen LogP contribution in [0.1, 0.15) is 30.1 Å². The molecule has 6 rings (SSSR count). The molecule has 1 aromatic heterocycles. The lowest BCUT2D eigenvalue weighted by Crippen LogP contribution is -2.55. The number of pyridine rings is 1. The molecule has 3 aliphatic rings. The number of aromatic hydroxyl groups is 1. The summed E-state index contributed by atoms with van der Waals surface area (Å²) in [7, 11) is 0. The maximum absolute atomic E-state index is 10.1. The third-order valence-electron chi connectivity index (χ3n) is 6.84. The van der Waals surface area contributed by atoms with Gasteiger partial charge in [0.1, 0.15) is 5.75 Å². The molecule has 3 aromatic rings. The minimum absolute atomic E-state index is 0.0777. The molecule has 0 spiro atoms. The lowest BCUT2D eigenvalue weighted by molar-refractivity contribution is -0.0803. The fourth-order valence-corrected chi connectivity index (χ4v) is 5.26. The number of phenolic OH excluding ortho intramolecular Hbond substituents is 1. The number of rotatable bonds is 6. The molecule has 3 aliphatic heterocycles. The molecule has 5 atom stereocenters. The molecule has 1 N–H and O–H groups in total. The van der Waals surface area contributed by atoms with Crippen LogP contribution in [0.3, 0.4) is 0 Å². The van der Waals surface area contributed by atoms with Gasteiger partial charge in [-0.3, -0.25) is 9.88 Å². The van der Waals surface area contributed by atoms with E-state index in [0.717, 1.165) is 36.0 Å². The molecule has 4 heteroatoms. The normalized spacial score (nSPS) is 26.5. The van der Waals surface area contributed by atoms with Gasteiger partial charge in [0.25, 0.3) is 0 Å². The van der Waals surface area contributed by atoms with Crippen molar-refractivity contribution in [2.45, 2.75) is 31.6 Å². The molecule has 3 saturated heterocycles. The summed E-state index contributed by atoms with van der Waals surface area (Å²) in [5.74, 6) is 1.50. The molecule has 0 saturated carbocycles. The smallest absolute Gasteiger partial charge is 0.116 e. The molecule has 3 fully saturated rings. The van der Waals surface area contributed by atoms with Crippen LogP contribution in [-0.4, -0.2) is 34.1 Å². The van der Waals surface area contributed by atoms with Crippen LogP contribution in [-0.2, 0) is 11.3 Å². The van der Waals surface area contributed by atoms with Crippen LogP contribution >= 0.6 is 0 Å². The zero-order valence-electron chi connectivity index (χ0n) is 17.2. The zero-order chi connectivity index (χ0) is 20.5.